The number of thiazole rings is 1. The zero-order valence-electron chi connectivity index (χ0n) is 63.7. The number of benzene rings is 6. The molecule has 2 amide bonds. The van der Waals surface area contributed by atoms with E-state index in [0.717, 1.165) is 115 Å². The van der Waals surface area contributed by atoms with E-state index < -0.39 is 25.8 Å². The molecule has 13 aromatic heterocycles. The number of nitrogen functional groups attached to an aromatic ring is 5. The Morgan fingerprint density at radius 1 is 0.425 bits per heavy atom. The Hall–Kier alpha value is -13.1. The van der Waals surface area contributed by atoms with Crippen molar-refractivity contribution in [2.75, 3.05) is 47.3 Å². The summed E-state index contributed by atoms with van der Waals surface area (Å²) in [5, 5.41) is 19.0. The first-order valence-corrected chi connectivity index (χ1v) is 45.7. The van der Waals surface area contributed by atoms with Crippen molar-refractivity contribution in [3.05, 3.63) is 283 Å². The molecule has 0 saturated heterocycles. The molecule has 0 saturated carbocycles. The molecular formula is C88H70N16O7S9. The molecule has 1 aliphatic rings. The molecule has 0 bridgehead atoms. The van der Waals surface area contributed by atoms with Gasteiger partial charge in [-0.15, -0.1) is 79.4 Å². The minimum absolute atomic E-state index is 0.00822. The van der Waals surface area contributed by atoms with Crippen molar-refractivity contribution in [1.29, 1.82) is 0 Å². The van der Waals surface area contributed by atoms with Gasteiger partial charge in [-0.3, -0.25) is 14.4 Å². The van der Waals surface area contributed by atoms with Crippen molar-refractivity contribution in [1.82, 2.24) is 40.2 Å². The number of pyridine rings is 6. The molecular weight excluding hydrogens is 1680 g/mol. The van der Waals surface area contributed by atoms with E-state index in [-0.39, 0.29) is 21.5 Å². The molecule has 0 spiro atoms. The Bertz CT molecular complexity index is 7150. The zero-order valence-corrected chi connectivity index (χ0v) is 71.1. The lowest BCUT2D eigenvalue weighted by Crippen LogP contribution is -2.12. The number of sulfonamides is 1. The summed E-state index contributed by atoms with van der Waals surface area (Å²) >= 11 is 10.8. The van der Waals surface area contributed by atoms with E-state index in [1.54, 1.807) is 69.8 Å². The van der Waals surface area contributed by atoms with E-state index in [1.807, 2.05) is 213 Å². The van der Waals surface area contributed by atoms with Crippen LogP contribution in [-0.4, -0.2) is 82.6 Å². The van der Waals surface area contributed by atoms with E-state index in [0.29, 0.717) is 72.5 Å². The Labute approximate surface area is 715 Å². The number of Topliss-reactive ketones (excluding diaryl/α,β-unsaturated/α-hetero) is 1. The van der Waals surface area contributed by atoms with Crippen LogP contribution in [0.1, 0.15) is 43.7 Å². The fraction of sp³-hybridized carbons (Fsp3) is 0.0455. The number of carbonyl (C=O) groups is 3. The van der Waals surface area contributed by atoms with Crippen molar-refractivity contribution < 1.29 is 31.2 Å². The van der Waals surface area contributed by atoms with Crippen molar-refractivity contribution in [2.45, 2.75) is 23.3 Å². The summed E-state index contributed by atoms with van der Waals surface area (Å²) in [5.41, 5.74) is 45.3. The highest BCUT2D eigenvalue weighted by Gasteiger charge is 2.28. The standard InChI is InChI=1S/C16H11N3S2.C15H11N3OS.C15H13N3OS.C15H12N2OS.C14H12N2O2S2.C13H11N3O2S2/c17-15-11-8-13(10-4-2-1-3-5-10)21-14(11)12(9-19-15)16-18-6-7-20-16;16-14-9-6-11(8-4-2-1-3-5-8)20-13(9)12-10(18-14)7-17-15(12)19;1-17-15-10-7-12(9-5-3-2-4-6-9)20-13(10)11(8-18-15)14(16)19;1-9(18)12-8-17-15(16)11-7-13(19-14(11)12)10-5-3-2-4-6-10;1-20(17,18)12-8-16-14(15)10-7-11(19-13(10)12)9-5-3-2-4-6-9;14-13-9-6-10(8-4-2-1-3-5-8)19-12(9)11(7-16-13)20(15,17)18/h1-9H,(H2,17,19);1-6H,7H2,(H2,16,18)(H,17,19);2-8H,1H3,(H2,16,19)(H,17,18);2-8H,1H3,(H2,16,17);2-8H,1H3,(H2,15,16);1-7H,(H2,14,16)(H2,15,17,18). The maximum Gasteiger partial charge on any atom is 0.254 e. The van der Waals surface area contributed by atoms with Crippen molar-refractivity contribution >= 4 is 212 Å². The number of ketones is 1. The molecule has 14 heterocycles. The molecule has 16 N–H and O–H groups in total. The van der Waals surface area contributed by atoms with Gasteiger partial charge >= 0.3 is 0 Å². The number of hydrogen-bond donors (Lipinski definition) is 9. The quantitative estimate of drug-likeness (QED) is 0.0513. The van der Waals surface area contributed by atoms with Crippen LogP contribution < -0.4 is 50.2 Å². The molecule has 0 radical (unpaired) electrons. The summed E-state index contributed by atoms with van der Waals surface area (Å²) in [7, 11) is -5.33. The van der Waals surface area contributed by atoms with E-state index in [4.69, 9.17) is 39.5 Å². The van der Waals surface area contributed by atoms with Crippen LogP contribution in [0.4, 0.5) is 34.9 Å². The van der Waals surface area contributed by atoms with Gasteiger partial charge in [-0.1, -0.05) is 182 Å². The normalized spacial score (nSPS) is 11.6. The average Bonchev–Trinajstić information content (AvgIpc) is 1.78. The second kappa shape index (κ2) is 35.2. The van der Waals surface area contributed by atoms with Gasteiger partial charge in [0.05, 0.1) is 63.3 Å². The number of anilines is 6. The van der Waals surface area contributed by atoms with Gasteiger partial charge < -0.3 is 45.0 Å². The van der Waals surface area contributed by atoms with Crippen LogP contribution in [0.3, 0.4) is 0 Å². The zero-order chi connectivity index (χ0) is 84.1. The van der Waals surface area contributed by atoms with Gasteiger partial charge in [0.25, 0.3) is 11.8 Å². The summed E-state index contributed by atoms with van der Waals surface area (Å²) in [6.07, 6.45) is 10.4. The molecule has 32 heteroatoms. The second-order valence-electron chi connectivity index (χ2n) is 26.8. The SMILES string of the molecule is CC(=O)c1cnc(N)c2cc(-c3ccccc3)sc12.CNc1ncc(C(N)=O)c2sc(-c3ccccc3)cc12.CS(=O)(=O)c1cnc(N)c2cc(-c3ccccc3)sc12.Nc1nc2c(c3sc(-c4ccccc4)cc13)C(=O)NC2.Nc1ncc(-c2nccs2)c2sc(-c3ccccc3)cc12.Nc1ncc(S(N)(=O)=O)c2sc(-c3ccccc3)cc12. The van der Waals surface area contributed by atoms with Gasteiger partial charge in [0, 0.05) is 117 Å². The molecule has 0 fully saturated rings. The lowest BCUT2D eigenvalue weighted by molar-refractivity contribution is 0.0964. The van der Waals surface area contributed by atoms with Crippen LogP contribution >= 0.6 is 79.4 Å². The number of sulfone groups is 1. The first-order valence-electron chi connectivity index (χ1n) is 36.5. The summed E-state index contributed by atoms with van der Waals surface area (Å²) in [5.74, 6) is 2.44. The Kier molecular flexibility index (Phi) is 24.1. The highest BCUT2D eigenvalue weighted by molar-refractivity contribution is 7.91. The number of primary amides is 1. The maximum atomic E-state index is 12.0. The minimum Gasteiger partial charge on any atom is -0.383 e. The third kappa shape index (κ3) is 17.6. The monoisotopic (exact) mass is 1750 g/mol. The van der Waals surface area contributed by atoms with E-state index in [2.05, 4.69) is 75.9 Å². The third-order valence-corrected chi connectivity index (χ3v) is 29.2. The maximum absolute atomic E-state index is 12.0. The van der Waals surface area contributed by atoms with E-state index >= 15 is 0 Å². The number of hydrogen-bond acceptors (Lipinski definition) is 27. The smallest absolute Gasteiger partial charge is 0.254 e. The number of aromatic nitrogens is 7. The molecule has 0 atom stereocenters. The van der Waals surface area contributed by atoms with Crippen LogP contribution in [0.2, 0.25) is 0 Å². The number of thiophene rings is 6. The van der Waals surface area contributed by atoms with Crippen LogP contribution in [0.15, 0.2) is 271 Å². The van der Waals surface area contributed by atoms with Gasteiger partial charge in [0.1, 0.15) is 49.7 Å². The molecule has 120 heavy (non-hydrogen) atoms. The topological polar surface area (TPSA) is 416 Å². The number of nitrogens with zero attached hydrogens (tertiary/aromatic N) is 7. The molecule has 20 rings (SSSR count). The molecule has 19 aromatic rings. The number of primary sulfonamides is 1. The summed E-state index contributed by atoms with van der Waals surface area (Å²) in [6.45, 7) is 2.02. The predicted octanol–water partition coefficient (Wildman–Crippen LogP) is 19.5. The fourth-order valence-electron chi connectivity index (χ4n) is 13.0. The van der Waals surface area contributed by atoms with Crippen LogP contribution in [-0.2, 0) is 26.4 Å². The second-order valence-corrected chi connectivity index (χ2v) is 37.5. The van der Waals surface area contributed by atoms with Gasteiger partial charge in [-0.2, -0.15) is 0 Å². The third-order valence-electron chi connectivity index (χ3n) is 18.9. The Morgan fingerprint density at radius 2 is 0.775 bits per heavy atom. The van der Waals surface area contributed by atoms with E-state index in [1.165, 1.54) is 58.0 Å². The summed E-state index contributed by atoms with van der Waals surface area (Å²) < 4.78 is 51.9. The molecule has 1 aliphatic heterocycles. The van der Waals surface area contributed by atoms with Crippen LogP contribution in [0.5, 0.6) is 0 Å². The van der Waals surface area contributed by atoms with Gasteiger partial charge in [0.2, 0.25) is 10.0 Å². The first-order chi connectivity index (χ1) is 57.9. The van der Waals surface area contributed by atoms with Crippen molar-refractivity contribution in [3.63, 3.8) is 0 Å². The number of fused-ring (bicyclic) bond motifs is 8. The first kappa shape index (κ1) is 82.0. The van der Waals surface area contributed by atoms with Crippen molar-refractivity contribution in [2.24, 2.45) is 10.9 Å². The molecule has 0 aliphatic carbocycles. The highest BCUT2D eigenvalue weighted by Crippen LogP contribution is 2.46. The lowest BCUT2D eigenvalue weighted by atomic mass is 10.1. The van der Waals surface area contributed by atoms with E-state index in [9.17, 15) is 31.2 Å². The number of nitrogens with one attached hydrogen (secondary N) is 2. The largest absolute Gasteiger partial charge is 0.383 e. The summed E-state index contributed by atoms with van der Waals surface area (Å²) in [6, 6.07) is 71.9. The van der Waals surface area contributed by atoms with Crippen LogP contribution in [0.25, 0.3) is 134 Å². The molecule has 0 unspecified atom stereocenters. The Morgan fingerprint density at radius 3 is 1.18 bits per heavy atom. The molecule has 6 aromatic carbocycles. The average molecular weight is 1750 g/mol. The van der Waals surface area contributed by atoms with Crippen LogP contribution in [0, 0.1) is 0 Å². The number of nitrogens with two attached hydrogens (primary N) is 7. The summed E-state index contributed by atoms with van der Waals surface area (Å²) in [4.78, 5) is 71.0. The number of carbonyl (C=O) groups excluding carboxylic acids is 3. The van der Waals surface area contributed by atoms with Gasteiger partial charge in [-0.05, 0) is 76.7 Å². The van der Waals surface area contributed by atoms with Crippen molar-refractivity contribution in [3.8, 4) is 73.2 Å². The molecule has 23 nitrogen and oxygen atoms in total. The lowest BCUT2D eigenvalue weighted by Gasteiger charge is -2.03. The number of rotatable bonds is 12. The minimum atomic E-state index is -3.82. The predicted molar refractivity (Wildman–Crippen MR) is 497 cm³/mol. The Balaban J connectivity index is 0.000000112. The molecule has 598 valence electrons. The fourth-order valence-corrected chi connectivity index (χ4v) is 23.0. The van der Waals surface area contributed by atoms with Gasteiger partial charge in [-0.25, -0.2) is 56.9 Å². The number of amides is 2. The van der Waals surface area contributed by atoms with Gasteiger partial charge in [0.15, 0.2) is 15.6 Å². The highest BCUT2D eigenvalue weighted by atomic mass is 32.2.